The molecule has 1 amide bonds. The predicted octanol–water partition coefficient (Wildman–Crippen LogP) is 2.68. The molecular weight excluding hydrogens is 413 g/mol. The van der Waals surface area contributed by atoms with Crippen LogP contribution in [0.1, 0.15) is 22.3 Å². The molecule has 30 heavy (non-hydrogen) atoms. The summed E-state index contributed by atoms with van der Waals surface area (Å²) in [5.41, 5.74) is 0.824. The van der Waals surface area contributed by atoms with Crippen LogP contribution in [0.2, 0.25) is 0 Å². The maximum Gasteiger partial charge on any atom is 0.254 e. The van der Waals surface area contributed by atoms with Crippen molar-refractivity contribution in [2.75, 3.05) is 32.8 Å². The number of ether oxygens (including phenoxy) is 3. The third-order valence-electron chi connectivity index (χ3n) is 5.06. The fourth-order valence-corrected chi connectivity index (χ4v) is 5.32. The molecule has 2 aromatic carbocycles. The average molecular weight is 437 g/mol. The van der Waals surface area contributed by atoms with E-state index in [1.165, 1.54) is 50.5 Å². The lowest BCUT2D eigenvalue weighted by molar-refractivity contribution is 0.0680. The van der Waals surface area contributed by atoms with E-state index in [-0.39, 0.29) is 23.6 Å². The van der Waals surface area contributed by atoms with Gasteiger partial charge < -0.3 is 19.1 Å². The standard InChI is InChI=1S/C21H24FNO6S/c1-27-18-10-15(11-19(28-2)20(18)29-3)21(24)23(17-7-8-30(25,26)13-17)12-14-5-4-6-16(22)9-14/h4-6,9-11,17H,7-8,12-13H2,1-3H3. The molecule has 0 saturated carbocycles. The summed E-state index contributed by atoms with van der Waals surface area (Å²) in [4.78, 5) is 14.9. The van der Waals surface area contributed by atoms with Crippen LogP contribution in [0, 0.1) is 5.82 Å². The number of methoxy groups -OCH3 is 3. The molecule has 1 saturated heterocycles. The van der Waals surface area contributed by atoms with Gasteiger partial charge in [0.25, 0.3) is 5.91 Å². The molecule has 1 heterocycles. The number of carbonyl (C=O) groups excluding carboxylic acids is 1. The van der Waals surface area contributed by atoms with E-state index in [4.69, 9.17) is 14.2 Å². The lowest BCUT2D eigenvalue weighted by Gasteiger charge is -2.29. The number of hydrogen-bond donors (Lipinski definition) is 0. The molecule has 0 N–H and O–H groups in total. The molecule has 1 aliphatic rings. The van der Waals surface area contributed by atoms with Crippen LogP contribution in [-0.4, -0.2) is 58.1 Å². The zero-order valence-electron chi connectivity index (χ0n) is 17.1. The summed E-state index contributed by atoms with van der Waals surface area (Å²) in [6.07, 6.45) is 0.327. The zero-order valence-corrected chi connectivity index (χ0v) is 17.9. The molecular formula is C21H24FNO6S. The van der Waals surface area contributed by atoms with Gasteiger partial charge in [-0.3, -0.25) is 4.79 Å². The highest BCUT2D eigenvalue weighted by atomic mass is 32.2. The molecule has 0 radical (unpaired) electrons. The highest BCUT2D eigenvalue weighted by Gasteiger charge is 2.35. The summed E-state index contributed by atoms with van der Waals surface area (Å²) in [6.45, 7) is 0.0768. The second-order valence-electron chi connectivity index (χ2n) is 7.03. The van der Waals surface area contributed by atoms with Crippen molar-refractivity contribution in [1.29, 1.82) is 0 Å². The number of nitrogens with zero attached hydrogens (tertiary/aromatic N) is 1. The normalized spacial score (nSPS) is 17.4. The maximum atomic E-state index is 13.7. The highest BCUT2D eigenvalue weighted by molar-refractivity contribution is 7.91. The summed E-state index contributed by atoms with van der Waals surface area (Å²) in [5, 5.41) is 0. The summed E-state index contributed by atoms with van der Waals surface area (Å²) >= 11 is 0. The molecule has 1 unspecified atom stereocenters. The molecule has 0 spiro atoms. The Labute approximate surface area is 175 Å². The lowest BCUT2D eigenvalue weighted by Crippen LogP contribution is -2.40. The first kappa shape index (κ1) is 21.9. The molecule has 162 valence electrons. The molecule has 0 aliphatic carbocycles. The van der Waals surface area contributed by atoms with Gasteiger partial charge in [0.2, 0.25) is 5.75 Å². The monoisotopic (exact) mass is 437 g/mol. The molecule has 0 aromatic heterocycles. The number of hydrogen-bond acceptors (Lipinski definition) is 6. The average Bonchev–Trinajstić information content (AvgIpc) is 3.09. The zero-order chi connectivity index (χ0) is 21.9. The Kier molecular flexibility index (Phi) is 6.50. The fourth-order valence-electron chi connectivity index (χ4n) is 3.59. The van der Waals surface area contributed by atoms with Crippen molar-refractivity contribution in [1.82, 2.24) is 4.90 Å². The van der Waals surface area contributed by atoms with Crippen molar-refractivity contribution < 1.29 is 31.8 Å². The number of amides is 1. The Morgan fingerprint density at radius 3 is 2.27 bits per heavy atom. The van der Waals surface area contributed by atoms with Crippen molar-refractivity contribution in [3.05, 3.63) is 53.3 Å². The summed E-state index contributed by atoms with van der Waals surface area (Å²) in [7, 11) is 1.12. The smallest absolute Gasteiger partial charge is 0.254 e. The number of halogens is 1. The van der Waals surface area contributed by atoms with E-state index >= 15 is 0 Å². The SMILES string of the molecule is COc1cc(C(=O)N(Cc2cccc(F)c2)C2CCS(=O)(=O)C2)cc(OC)c1OC. The van der Waals surface area contributed by atoms with Crippen LogP contribution in [0.15, 0.2) is 36.4 Å². The van der Waals surface area contributed by atoms with Crippen molar-refractivity contribution in [3.63, 3.8) is 0 Å². The lowest BCUT2D eigenvalue weighted by atomic mass is 10.1. The second-order valence-corrected chi connectivity index (χ2v) is 9.26. The largest absolute Gasteiger partial charge is 0.493 e. The van der Waals surface area contributed by atoms with Crippen LogP contribution in [0.5, 0.6) is 17.2 Å². The van der Waals surface area contributed by atoms with Crippen molar-refractivity contribution in [2.45, 2.75) is 19.0 Å². The molecule has 9 heteroatoms. The van der Waals surface area contributed by atoms with E-state index < -0.39 is 27.6 Å². The van der Waals surface area contributed by atoms with Gasteiger partial charge in [0.1, 0.15) is 5.82 Å². The van der Waals surface area contributed by atoms with Gasteiger partial charge >= 0.3 is 0 Å². The minimum Gasteiger partial charge on any atom is -0.493 e. The first-order valence-electron chi connectivity index (χ1n) is 9.34. The van der Waals surface area contributed by atoms with Crippen LogP contribution < -0.4 is 14.2 Å². The predicted molar refractivity (Wildman–Crippen MR) is 109 cm³/mol. The summed E-state index contributed by atoms with van der Waals surface area (Å²) < 4.78 is 53.7. The Morgan fingerprint density at radius 2 is 1.77 bits per heavy atom. The molecule has 7 nitrogen and oxygen atoms in total. The first-order valence-corrected chi connectivity index (χ1v) is 11.2. The van der Waals surface area contributed by atoms with Gasteiger partial charge in [-0.2, -0.15) is 0 Å². The van der Waals surface area contributed by atoms with E-state index in [9.17, 15) is 17.6 Å². The van der Waals surface area contributed by atoms with Gasteiger partial charge in [-0.15, -0.1) is 0 Å². The van der Waals surface area contributed by atoms with Gasteiger partial charge in [-0.25, -0.2) is 12.8 Å². The maximum absolute atomic E-state index is 13.7. The van der Waals surface area contributed by atoms with Gasteiger partial charge in [0.15, 0.2) is 21.3 Å². The van der Waals surface area contributed by atoms with Gasteiger partial charge in [-0.05, 0) is 36.2 Å². The number of carbonyl (C=O) groups is 1. The second kappa shape index (κ2) is 8.91. The number of sulfone groups is 1. The van der Waals surface area contributed by atoms with Gasteiger partial charge in [0, 0.05) is 18.2 Å². The quantitative estimate of drug-likeness (QED) is 0.663. The van der Waals surface area contributed by atoms with Crippen molar-refractivity contribution in [2.24, 2.45) is 0 Å². The highest BCUT2D eigenvalue weighted by Crippen LogP contribution is 2.39. The van der Waals surface area contributed by atoms with E-state index in [0.717, 1.165) is 0 Å². The minimum absolute atomic E-state index is 0.0137. The van der Waals surface area contributed by atoms with Crippen molar-refractivity contribution in [3.8, 4) is 17.2 Å². The molecule has 1 fully saturated rings. The summed E-state index contributed by atoms with van der Waals surface area (Å²) in [5.74, 6) is 0.0251. The molecule has 3 rings (SSSR count). The van der Waals surface area contributed by atoms with E-state index in [0.29, 0.717) is 29.2 Å². The molecule has 1 atom stereocenters. The Bertz CT molecular complexity index is 1010. The van der Waals surface area contributed by atoms with Crippen LogP contribution >= 0.6 is 0 Å². The third kappa shape index (κ3) is 4.67. The van der Waals surface area contributed by atoms with Crippen LogP contribution in [0.3, 0.4) is 0 Å². The third-order valence-corrected chi connectivity index (χ3v) is 6.81. The van der Waals surface area contributed by atoms with Gasteiger partial charge in [-0.1, -0.05) is 12.1 Å². The van der Waals surface area contributed by atoms with Crippen LogP contribution in [0.25, 0.3) is 0 Å². The molecule has 1 aliphatic heterocycles. The van der Waals surface area contributed by atoms with E-state index in [1.54, 1.807) is 12.1 Å². The van der Waals surface area contributed by atoms with Crippen LogP contribution in [0.4, 0.5) is 4.39 Å². The molecule has 2 aromatic rings. The Hall–Kier alpha value is -2.81. The number of rotatable bonds is 7. The fraction of sp³-hybridized carbons (Fsp3) is 0.381. The first-order chi connectivity index (χ1) is 14.3. The summed E-state index contributed by atoms with van der Waals surface area (Å²) in [6, 6.07) is 8.43. The topological polar surface area (TPSA) is 82.1 Å². The van der Waals surface area contributed by atoms with E-state index in [1.807, 2.05) is 0 Å². The Morgan fingerprint density at radius 1 is 1.10 bits per heavy atom. The number of benzene rings is 2. The van der Waals surface area contributed by atoms with Gasteiger partial charge in [0.05, 0.1) is 32.8 Å². The van der Waals surface area contributed by atoms with E-state index in [2.05, 4.69) is 0 Å². The van der Waals surface area contributed by atoms with Crippen LogP contribution in [-0.2, 0) is 16.4 Å². The molecule has 0 bridgehead atoms. The van der Waals surface area contributed by atoms with Crippen molar-refractivity contribution >= 4 is 15.7 Å². The minimum atomic E-state index is -3.23. The Balaban J connectivity index is 2.01.